The van der Waals surface area contributed by atoms with E-state index in [9.17, 15) is 10.4 Å². The topological polar surface area (TPSA) is 44.0 Å². The monoisotopic (exact) mass is 313 g/mol. The van der Waals surface area contributed by atoms with Crippen molar-refractivity contribution in [2.24, 2.45) is 34.0 Å². The van der Waals surface area contributed by atoms with E-state index in [4.69, 9.17) is 0 Å². The van der Waals surface area contributed by atoms with E-state index >= 15 is 0 Å². The Morgan fingerprint density at radius 1 is 1.09 bits per heavy atom. The first-order valence-electron chi connectivity index (χ1n) is 9.66. The van der Waals surface area contributed by atoms with Crippen molar-refractivity contribution in [1.29, 1.82) is 5.26 Å². The van der Waals surface area contributed by atoms with Gasteiger partial charge in [-0.2, -0.15) is 5.26 Å². The van der Waals surface area contributed by atoms with Crippen LogP contribution in [0, 0.1) is 45.3 Å². The number of nitriles is 1. The smallest absolute Gasteiger partial charge is 0.0757 e. The molecule has 0 amide bonds. The Morgan fingerprint density at radius 3 is 2.57 bits per heavy atom. The summed E-state index contributed by atoms with van der Waals surface area (Å²) in [4.78, 5) is 0. The predicted molar refractivity (Wildman–Crippen MR) is 91.4 cm³/mol. The van der Waals surface area contributed by atoms with Crippen LogP contribution in [0.15, 0.2) is 11.6 Å². The fraction of sp³-hybridized carbons (Fsp3) is 0.857. The van der Waals surface area contributed by atoms with Gasteiger partial charge in [0.05, 0.1) is 17.6 Å². The average molecular weight is 313 g/mol. The Kier molecular flexibility index (Phi) is 3.31. The summed E-state index contributed by atoms with van der Waals surface area (Å²) in [5.41, 5.74) is 1.73. The molecule has 7 unspecified atom stereocenters. The minimum absolute atomic E-state index is 0.0836. The van der Waals surface area contributed by atoms with Crippen molar-refractivity contribution in [2.45, 2.75) is 78.2 Å². The number of rotatable bonds is 0. The summed E-state index contributed by atoms with van der Waals surface area (Å²) in [7, 11) is 0. The third-order valence-corrected chi connectivity index (χ3v) is 8.90. The summed E-state index contributed by atoms with van der Waals surface area (Å²) < 4.78 is 0. The van der Waals surface area contributed by atoms with Crippen molar-refractivity contribution in [2.75, 3.05) is 0 Å². The molecular formula is C21H31NO. The van der Waals surface area contributed by atoms with Gasteiger partial charge in [-0.15, -0.1) is 0 Å². The van der Waals surface area contributed by atoms with Gasteiger partial charge in [0.2, 0.25) is 0 Å². The van der Waals surface area contributed by atoms with Crippen LogP contribution in [-0.4, -0.2) is 11.2 Å². The fourth-order valence-corrected chi connectivity index (χ4v) is 7.14. The lowest BCUT2D eigenvalue weighted by molar-refractivity contribution is -0.0943. The first-order valence-corrected chi connectivity index (χ1v) is 9.66. The van der Waals surface area contributed by atoms with Gasteiger partial charge in [0.1, 0.15) is 0 Å². The maximum absolute atomic E-state index is 11.0. The molecule has 0 aliphatic heterocycles. The number of hydrogen-bond donors (Lipinski definition) is 1. The molecule has 3 saturated carbocycles. The molecule has 1 N–H and O–H groups in total. The summed E-state index contributed by atoms with van der Waals surface area (Å²) >= 11 is 0. The third-order valence-electron chi connectivity index (χ3n) is 8.90. The molecule has 0 aromatic carbocycles. The van der Waals surface area contributed by atoms with Crippen molar-refractivity contribution in [3.63, 3.8) is 0 Å². The number of aliphatic hydroxyl groups excluding tert-OH is 1. The molecule has 4 rings (SSSR count). The summed E-state index contributed by atoms with van der Waals surface area (Å²) in [5.74, 6) is 1.50. The zero-order chi connectivity index (χ0) is 16.5. The first kappa shape index (κ1) is 15.7. The van der Waals surface area contributed by atoms with E-state index in [0.717, 1.165) is 12.8 Å². The Morgan fingerprint density at radius 2 is 1.83 bits per heavy atom. The van der Waals surface area contributed by atoms with Crippen LogP contribution in [0.2, 0.25) is 0 Å². The molecule has 3 fully saturated rings. The lowest BCUT2D eigenvalue weighted by atomic mass is 9.45. The van der Waals surface area contributed by atoms with Crippen molar-refractivity contribution < 1.29 is 5.11 Å². The standard InChI is InChI=1S/C21H31NO/c1-19(13-22)10-7-16-18-15(8-11-21(16,19)3)20(2)9-5-4-6-14(20)12-17(18)23/h12,15-18,23H,4-11H2,1-3H3. The van der Waals surface area contributed by atoms with Crippen LogP contribution in [0.3, 0.4) is 0 Å². The Labute approximate surface area is 141 Å². The summed E-state index contributed by atoms with van der Waals surface area (Å²) in [5, 5.41) is 20.8. The number of allylic oxidation sites excluding steroid dienone is 1. The minimum Gasteiger partial charge on any atom is -0.389 e. The van der Waals surface area contributed by atoms with E-state index in [0.29, 0.717) is 23.2 Å². The van der Waals surface area contributed by atoms with Crippen LogP contribution in [0.5, 0.6) is 0 Å². The molecule has 0 saturated heterocycles. The number of aliphatic hydroxyl groups is 1. The second-order valence-electron chi connectivity index (χ2n) is 9.54. The maximum atomic E-state index is 11.0. The fourth-order valence-electron chi connectivity index (χ4n) is 7.14. The molecule has 4 aliphatic carbocycles. The summed E-state index contributed by atoms with van der Waals surface area (Å²) in [6, 6.07) is 2.66. The highest BCUT2D eigenvalue weighted by molar-refractivity contribution is 5.28. The molecule has 0 radical (unpaired) electrons. The second kappa shape index (κ2) is 4.85. The molecule has 0 aromatic rings. The molecule has 126 valence electrons. The molecule has 2 nitrogen and oxygen atoms in total. The highest BCUT2D eigenvalue weighted by atomic mass is 16.3. The quantitative estimate of drug-likeness (QED) is 0.650. The zero-order valence-corrected chi connectivity index (χ0v) is 14.9. The first-order chi connectivity index (χ1) is 10.9. The predicted octanol–water partition coefficient (Wildman–Crippen LogP) is 4.84. The van der Waals surface area contributed by atoms with Crippen LogP contribution in [-0.2, 0) is 0 Å². The van der Waals surface area contributed by atoms with E-state index < -0.39 is 0 Å². The lowest BCUT2D eigenvalue weighted by Crippen LogP contribution is -2.55. The summed E-state index contributed by atoms with van der Waals surface area (Å²) in [6.07, 6.45) is 11.6. The van der Waals surface area contributed by atoms with Gasteiger partial charge in [-0.3, -0.25) is 0 Å². The Bertz CT molecular complexity index is 589. The van der Waals surface area contributed by atoms with Gasteiger partial charge in [-0.25, -0.2) is 0 Å². The van der Waals surface area contributed by atoms with Crippen LogP contribution in [0.25, 0.3) is 0 Å². The van der Waals surface area contributed by atoms with Gasteiger partial charge in [0, 0.05) is 0 Å². The normalized spacial score (nSPS) is 55.2. The Balaban J connectivity index is 1.76. The van der Waals surface area contributed by atoms with E-state index in [1.54, 1.807) is 5.57 Å². The van der Waals surface area contributed by atoms with Gasteiger partial charge in [-0.05, 0) is 80.5 Å². The molecule has 0 aromatic heterocycles. The number of fused-ring (bicyclic) bond motifs is 5. The van der Waals surface area contributed by atoms with Gasteiger partial charge in [0.15, 0.2) is 0 Å². The maximum Gasteiger partial charge on any atom is 0.0757 e. The van der Waals surface area contributed by atoms with Crippen molar-refractivity contribution in [1.82, 2.24) is 0 Å². The molecule has 4 aliphatic rings. The molecule has 2 heteroatoms. The molecular weight excluding hydrogens is 282 g/mol. The summed E-state index contributed by atoms with van der Waals surface area (Å²) in [6.45, 7) is 6.99. The van der Waals surface area contributed by atoms with Gasteiger partial charge < -0.3 is 5.11 Å². The molecule has 7 atom stereocenters. The highest BCUT2D eigenvalue weighted by Crippen LogP contribution is 2.69. The number of hydrogen-bond acceptors (Lipinski definition) is 2. The molecule has 0 bridgehead atoms. The van der Waals surface area contributed by atoms with Crippen LogP contribution in [0.1, 0.15) is 72.1 Å². The third kappa shape index (κ3) is 1.84. The molecule has 0 heterocycles. The van der Waals surface area contributed by atoms with Crippen LogP contribution in [0.4, 0.5) is 0 Å². The van der Waals surface area contributed by atoms with Crippen molar-refractivity contribution >= 4 is 0 Å². The van der Waals surface area contributed by atoms with Crippen molar-refractivity contribution in [3.05, 3.63) is 11.6 Å². The van der Waals surface area contributed by atoms with Crippen molar-refractivity contribution in [3.8, 4) is 6.07 Å². The van der Waals surface area contributed by atoms with Crippen LogP contribution >= 0.6 is 0 Å². The zero-order valence-electron chi connectivity index (χ0n) is 14.9. The Hall–Kier alpha value is -0.810. The lowest BCUT2D eigenvalue weighted by Gasteiger charge is -2.59. The van der Waals surface area contributed by atoms with E-state index in [1.165, 1.54) is 38.5 Å². The van der Waals surface area contributed by atoms with Gasteiger partial charge in [-0.1, -0.05) is 31.9 Å². The van der Waals surface area contributed by atoms with Gasteiger partial charge in [0.25, 0.3) is 0 Å². The second-order valence-corrected chi connectivity index (χ2v) is 9.54. The molecule has 0 spiro atoms. The number of nitrogens with zero attached hydrogens (tertiary/aromatic N) is 1. The largest absolute Gasteiger partial charge is 0.389 e. The van der Waals surface area contributed by atoms with E-state index in [1.807, 2.05) is 0 Å². The minimum atomic E-state index is -0.285. The SMILES string of the molecule is CC12CCCCC1=CC(O)C1C2CCC2(C)C1CCC2(C)C#N. The molecule has 23 heavy (non-hydrogen) atoms. The van der Waals surface area contributed by atoms with Crippen LogP contribution < -0.4 is 0 Å². The van der Waals surface area contributed by atoms with Gasteiger partial charge >= 0.3 is 0 Å². The van der Waals surface area contributed by atoms with E-state index in [-0.39, 0.29) is 16.9 Å². The van der Waals surface area contributed by atoms with E-state index in [2.05, 4.69) is 32.9 Å². The average Bonchev–Trinajstić information content (AvgIpc) is 2.80. The highest BCUT2D eigenvalue weighted by Gasteiger charge is 2.64.